The van der Waals surface area contributed by atoms with Crippen LogP contribution in [0.1, 0.15) is 22.2 Å². The Bertz CT molecular complexity index is 989. The number of nitrogens with zero attached hydrogens (tertiary/aromatic N) is 2. The van der Waals surface area contributed by atoms with Gasteiger partial charge in [0.15, 0.2) is 4.96 Å². The van der Waals surface area contributed by atoms with Crippen LogP contribution in [-0.2, 0) is 4.79 Å². The molecule has 3 aromatic rings. The van der Waals surface area contributed by atoms with E-state index in [-0.39, 0.29) is 11.5 Å². The smallest absolute Gasteiger partial charge is 0.271 e. The third kappa shape index (κ3) is 3.18. The molecule has 0 saturated heterocycles. The van der Waals surface area contributed by atoms with E-state index < -0.39 is 11.5 Å². The summed E-state index contributed by atoms with van der Waals surface area (Å²) in [4.78, 5) is 41.3. The lowest BCUT2D eigenvalue weighted by Crippen LogP contribution is -2.25. The number of benzene rings is 1. The molecule has 0 spiro atoms. The first-order valence-corrected chi connectivity index (χ1v) is 7.92. The van der Waals surface area contributed by atoms with Gasteiger partial charge in [0.05, 0.1) is 0 Å². The molecular weight excluding hydrogens is 328 g/mol. The van der Waals surface area contributed by atoms with Gasteiger partial charge in [-0.05, 0) is 31.2 Å². The molecule has 8 heteroatoms. The molecule has 0 unspecified atom stereocenters. The molecular formula is C16H14N4O3S. The van der Waals surface area contributed by atoms with Gasteiger partial charge in [0, 0.05) is 35.6 Å². The number of hydrogen-bond donors (Lipinski definition) is 2. The summed E-state index contributed by atoms with van der Waals surface area (Å²) in [5, 5.41) is 5.28. The van der Waals surface area contributed by atoms with Crippen LogP contribution in [0.5, 0.6) is 0 Å². The zero-order valence-corrected chi connectivity index (χ0v) is 13.8. The van der Waals surface area contributed by atoms with Gasteiger partial charge >= 0.3 is 0 Å². The fraction of sp³-hybridized carbons (Fsp3) is 0.125. The van der Waals surface area contributed by atoms with Crippen LogP contribution in [0.2, 0.25) is 0 Å². The maximum Gasteiger partial charge on any atom is 0.271 e. The van der Waals surface area contributed by atoms with E-state index in [9.17, 15) is 14.4 Å². The number of hydrogen-bond acceptors (Lipinski definition) is 5. The molecule has 7 nitrogen and oxygen atoms in total. The monoisotopic (exact) mass is 342 g/mol. The van der Waals surface area contributed by atoms with Gasteiger partial charge in [-0.15, -0.1) is 11.3 Å². The number of carbonyl (C=O) groups excluding carboxylic acids is 2. The molecule has 1 aromatic carbocycles. The highest BCUT2D eigenvalue weighted by atomic mass is 32.1. The first kappa shape index (κ1) is 15.9. The second-order valence-corrected chi connectivity index (χ2v) is 6.40. The predicted octanol–water partition coefficient (Wildman–Crippen LogP) is 2.28. The van der Waals surface area contributed by atoms with Gasteiger partial charge in [-0.2, -0.15) is 0 Å². The van der Waals surface area contributed by atoms with Gasteiger partial charge in [-0.25, -0.2) is 4.98 Å². The van der Waals surface area contributed by atoms with Crippen molar-refractivity contribution in [2.24, 2.45) is 0 Å². The summed E-state index contributed by atoms with van der Waals surface area (Å²) >= 11 is 1.38. The van der Waals surface area contributed by atoms with Crippen LogP contribution in [0.3, 0.4) is 0 Å². The van der Waals surface area contributed by atoms with E-state index in [4.69, 9.17) is 0 Å². The average Bonchev–Trinajstić information content (AvgIpc) is 2.90. The summed E-state index contributed by atoms with van der Waals surface area (Å²) in [7, 11) is 0. The van der Waals surface area contributed by atoms with Crippen LogP contribution in [0.15, 0.2) is 41.5 Å². The highest BCUT2D eigenvalue weighted by Crippen LogP contribution is 2.15. The first-order chi connectivity index (χ1) is 11.4. The highest BCUT2D eigenvalue weighted by molar-refractivity contribution is 7.16. The molecule has 2 heterocycles. The summed E-state index contributed by atoms with van der Waals surface area (Å²) in [6, 6.07) is 6.60. The first-order valence-electron chi connectivity index (χ1n) is 7.11. The largest absolute Gasteiger partial charge is 0.326 e. The summed E-state index contributed by atoms with van der Waals surface area (Å²) in [5.41, 5.74) is 0.699. The van der Waals surface area contributed by atoms with Crippen LogP contribution in [-0.4, -0.2) is 21.2 Å². The molecule has 0 fully saturated rings. The molecule has 0 aliphatic carbocycles. The Morgan fingerprint density at radius 2 is 1.75 bits per heavy atom. The van der Waals surface area contributed by atoms with E-state index in [1.54, 1.807) is 30.5 Å². The number of carbonyl (C=O) groups is 2. The number of amides is 2. The Kier molecular flexibility index (Phi) is 4.13. The Morgan fingerprint density at radius 1 is 1.12 bits per heavy atom. The minimum Gasteiger partial charge on any atom is -0.326 e. The second kappa shape index (κ2) is 6.25. The standard InChI is InChI=1S/C16H14N4O3S/c1-9-8-20-15(23)13(7-17-16(20)24-9)14(22)19-12-5-3-11(4-6-12)18-10(2)21/h3-8H,1-2H3,(H,18,21)(H,19,22). The molecule has 0 atom stereocenters. The molecule has 0 bridgehead atoms. The SMILES string of the molecule is CC(=O)Nc1ccc(NC(=O)c2cnc3sc(C)cn3c2=O)cc1. The zero-order valence-electron chi connectivity index (χ0n) is 13.0. The molecule has 0 aliphatic heterocycles. The Labute approximate surface area is 141 Å². The number of fused-ring (bicyclic) bond motifs is 1. The van der Waals surface area contributed by atoms with E-state index in [1.807, 2.05) is 6.92 Å². The molecule has 3 rings (SSSR count). The Morgan fingerprint density at radius 3 is 2.38 bits per heavy atom. The van der Waals surface area contributed by atoms with Gasteiger partial charge in [0.2, 0.25) is 5.91 Å². The van der Waals surface area contributed by atoms with Crippen molar-refractivity contribution in [3.8, 4) is 0 Å². The van der Waals surface area contributed by atoms with Crippen molar-refractivity contribution >= 4 is 39.5 Å². The van der Waals surface area contributed by atoms with Gasteiger partial charge in [-0.1, -0.05) is 0 Å². The minimum absolute atomic E-state index is 0.0313. The third-order valence-electron chi connectivity index (χ3n) is 3.23. The molecule has 2 aromatic heterocycles. The molecule has 0 saturated carbocycles. The van der Waals surface area contributed by atoms with Crippen molar-refractivity contribution in [2.75, 3.05) is 10.6 Å². The molecule has 2 N–H and O–H groups in total. The molecule has 2 amide bonds. The molecule has 0 radical (unpaired) electrons. The normalized spacial score (nSPS) is 10.6. The fourth-order valence-corrected chi connectivity index (χ4v) is 2.98. The number of aryl methyl sites for hydroxylation is 1. The van der Waals surface area contributed by atoms with E-state index in [0.29, 0.717) is 16.3 Å². The molecule has 122 valence electrons. The number of anilines is 2. The lowest BCUT2D eigenvalue weighted by Gasteiger charge is -2.06. The van der Waals surface area contributed by atoms with E-state index in [0.717, 1.165) is 4.88 Å². The summed E-state index contributed by atoms with van der Waals surface area (Å²) in [6.07, 6.45) is 2.95. The van der Waals surface area contributed by atoms with Gasteiger partial charge in [0.25, 0.3) is 11.5 Å². The number of rotatable bonds is 3. The Balaban J connectivity index is 1.83. The summed E-state index contributed by atoms with van der Waals surface area (Å²) < 4.78 is 1.37. The van der Waals surface area contributed by atoms with Crippen molar-refractivity contribution in [3.63, 3.8) is 0 Å². The lowest BCUT2D eigenvalue weighted by atomic mass is 10.2. The molecule has 24 heavy (non-hydrogen) atoms. The average molecular weight is 342 g/mol. The number of nitrogens with one attached hydrogen (secondary N) is 2. The van der Waals surface area contributed by atoms with Crippen molar-refractivity contribution < 1.29 is 9.59 Å². The lowest BCUT2D eigenvalue weighted by molar-refractivity contribution is -0.114. The van der Waals surface area contributed by atoms with Crippen molar-refractivity contribution in [3.05, 3.63) is 57.5 Å². The number of aromatic nitrogens is 2. The highest BCUT2D eigenvalue weighted by Gasteiger charge is 2.14. The summed E-state index contributed by atoms with van der Waals surface area (Å²) in [6.45, 7) is 3.29. The van der Waals surface area contributed by atoms with Crippen molar-refractivity contribution in [1.29, 1.82) is 0 Å². The van der Waals surface area contributed by atoms with Crippen LogP contribution < -0.4 is 16.2 Å². The molecule has 0 aliphatic rings. The quantitative estimate of drug-likeness (QED) is 0.764. The maximum atomic E-state index is 12.4. The minimum atomic E-state index is -0.530. The van der Waals surface area contributed by atoms with Gasteiger partial charge in [-0.3, -0.25) is 18.8 Å². The maximum absolute atomic E-state index is 12.4. The fourth-order valence-electron chi connectivity index (χ4n) is 2.19. The number of thiazole rings is 1. The van der Waals surface area contributed by atoms with E-state index >= 15 is 0 Å². The van der Waals surface area contributed by atoms with E-state index in [2.05, 4.69) is 15.6 Å². The topological polar surface area (TPSA) is 92.6 Å². The predicted molar refractivity (Wildman–Crippen MR) is 92.8 cm³/mol. The van der Waals surface area contributed by atoms with Gasteiger partial charge in [0.1, 0.15) is 5.56 Å². The Hall–Kier alpha value is -3.00. The second-order valence-electron chi connectivity index (χ2n) is 5.18. The van der Waals surface area contributed by atoms with Crippen molar-refractivity contribution in [1.82, 2.24) is 9.38 Å². The van der Waals surface area contributed by atoms with Crippen LogP contribution >= 0.6 is 11.3 Å². The van der Waals surface area contributed by atoms with Gasteiger partial charge < -0.3 is 10.6 Å². The zero-order chi connectivity index (χ0) is 17.3. The van der Waals surface area contributed by atoms with Crippen LogP contribution in [0.4, 0.5) is 11.4 Å². The van der Waals surface area contributed by atoms with Crippen molar-refractivity contribution in [2.45, 2.75) is 13.8 Å². The van der Waals surface area contributed by atoms with Crippen LogP contribution in [0.25, 0.3) is 4.96 Å². The summed E-state index contributed by atoms with van der Waals surface area (Å²) in [5.74, 6) is -0.705. The van der Waals surface area contributed by atoms with Crippen LogP contribution in [0, 0.1) is 6.92 Å². The van der Waals surface area contributed by atoms with E-state index in [1.165, 1.54) is 28.9 Å². The third-order valence-corrected chi connectivity index (χ3v) is 4.14.